The SMILES string of the molecule is Fc1cccc(Br)c1-c1cc(Cl)ccc1Br. The van der Waals surface area contributed by atoms with Crippen LogP contribution in [0, 0.1) is 5.82 Å². The van der Waals surface area contributed by atoms with Crippen LogP contribution in [0.3, 0.4) is 0 Å². The van der Waals surface area contributed by atoms with Crippen LogP contribution in [0.1, 0.15) is 0 Å². The van der Waals surface area contributed by atoms with Crippen molar-refractivity contribution in [1.82, 2.24) is 0 Å². The Balaban J connectivity index is 2.72. The third-order valence-corrected chi connectivity index (χ3v) is 3.75. The Kier molecular flexibility index (Phi) is 3.67. The lowest BCUT2D eigenvalue weighted by atomic mass is 10.1. The lowest BCUT2D eigenvalue weighted by molar-refractivity contribution is 0.630. The Hall–Kier alpha value is -0.380. The zero-order valence-electron chi connectivity index (χ0n) is 7.98. The molecule has 0 saturated heterocycles. The van der Waals surface area contributed by atoms with Gasteiger partial charge in [0.1, 0.15) is 5.82 Å². The van der Waals surface area contributed by atoms with E-state index in [9.17, 15) is 4.39 Å². The average molecular weight is 364 g/mol. The largest absolute Gasteiger partial charge is 0.206 e. The van der Waals surface area contributed by atoms with Gasteiger partial charge in [-0.2, -0.15) is 0 Å². The summed E-state index contributed by atoms with van der Waals surface area (Å²) in [5, 5.41) is 0.577. The smallest absolute Gasteiger partial charge is 0.132 e. The molecule has 0 aliphatic heterocycles. The number of halogens is 4. The minimum atomic E-state index is -0.280. The van der Waals surface area contributed by atoms with Crippen LogP contribution in [0.15, 0.2) is 45.3 Å². The Morgan fingerprint density at radius 1 is 1.00 bits per heavy atom. The summed E-state index contributed by atoms with van der Waals surface area (Å²) in [5.41, 5.74) is 1.24. The predicted molar refractivity (Wildman–Crippen MR) is 72.2 cm³/mol. The van der Waals surface area contributed by atoms with Crippen molar-refractivity contribution in [2.24, 2.45) is 0 Å². The molecule has 0 N–H and O–H groups in total. The Morgan fingerprint density at radius 2 is 1.75 bits per heavy atom. The first-order valence-corrected chi connectivity index (χ1v) is 6.45. The van der Waals surface area contributed by atoms with Gasteiger partial charge in [0.2, 0.25) is 0 Å². The first kappa shape index (κ1) is 12.1. The highest BCUT2D eigenvalue weighted by Gasteiger charge is 2.12. The first-order valence-electron chi connectivity index (χ1n) is 4.49. The first-order chi connectivity index (χ1) is 7.59. The zero-order valence-corrected chi connectivity index (χ0v) is 11.9. The molecule has 0 amide bonds. The van der Waals surface area contributed by atoms with Crippen LogP contribution >= 0.6 is 43.5 Å². The molecule has 0 fully saturated rings. The van der Waals surface area contributed by atoms with Gasteiger partial charge in [-0.25, -0.2) is 4.39 Å². The Bertz CT molecular complexity index is 520. The van der Waals surface area contributed by atoms with Crippen molar-refractivity contribution in [3.8, 4) is 11.1 Å². The van der Waals surface area contributed by atoms with Crippen LogP contribution < -0.4 is 0 Å². The maximum Gasteiger partial charge on any atom is 0.132 e. The second-order valence-electron chi connectivity index (χ2n) is 3.22. The summed E-state index contributed by atoms with van der Waals surface area (Å²) in [6.07, 6.45) is 0. The van der Waals surface area contributed by atoms with E-state index in [4.69, 9.17) is 11.6 Å². The molecule has 0 unspecified atom stereocenters. The number of hydrogen-bond donors (Lipinski definition) is 0. The molecule has 2 aromatic rings. The fourth-order valence-corrected chi connectivity index (χ4v) is 2.62. The minimum Gasteiger partial charge on any atom is -0.206 e. The molecule has 82 valence electrons. The molecule has 0 aromatic heterocycles. The van der Waals surface area contributed by atoms with E-state index in [1.807, 2.05) is 0 Å². The molecule has 0 spiro atoms. The summed E-state index contributed by atoms with van der Waals surface area (Å²) in [7, 11) is 0. The van der Waals surface area contributed by atoms with Crippen molar-refractivity contribution < 1.29 is 4.39 Å². The molecule has 0 nitrogen and oxygen atoms in total. The molecule has 0 aliphatic carbocycles. The zero-order chi connectivity index (χ0) is 11.7. The van der Waals surface area contributed by atoms with Crippen molar-refractivity contribution in [1.29, 1.82) is 0 Å². The number of rotatable bonds is 1. The minimum absolute atomic E-state index is 0.280. The third kappa shape index (κ3) is 2.31. The maximum absolute atomic E-state index is 13.8. The molecule has 0 atom stereocenters. The average Bonchev–Trinajstić information content (AvgIpc) is 2.23. The maximum atomic E-state index is 13.8. The summed E-state index contributed by atoms with van der Waals surface area (Å²) in [5.74, 6) is -0.280. The van der Waals surface area contributed by atoms with E-state index >= 15 is 0 Å². The van der Waals surface area contributed by atoms with E-state index in [1.165, 1.54) is 6.07 Å². The normalized spacial score (nSPS) is 10.5. The van der Waals surface area contributed by atoms with Crippen LogP contribution in [-0.2, 0) is 0 Å². The highest BCUT2D eigenvalue weighted by molar-refractivity contribution is 9.11. The summed E-state index contributed by atoms with van der Waals surface area (Å²) in [4.78, 5) is 0. The van der Waals surface area contributed by atoms with Gasteiger partial charge >= 0.3 is 0 Å². The fourth-order valence-electron chi connectivity index (χ4n) is 1.44. The quantitative estimate of drug-likeness (QED) is 0.611. The van der Waals surface area contributed by atoms with Crippen molar-refractivity contribution in [2.75, 3.05) is 0 Å². The molecule has 0 bridgehead atoms. The van der Waals surface area contributed by atoms with Gasteiger partial charge in [0.05, 0.1) is 0 Å². The fraction of sp³-hybridized carbons (Fsp3) is 0. The molecule has 0 radical (unpaired) electrons. The predicted octanol–water partition coefficient (Wildman–Crippen LogP) is 5.67. The number of hydrogen-bond acceptors (Lipinski definition) is 0. The molecular weight excluding hydrogens is 358 g/mol. The monoisotopic (exact) mass is 362 g/mol. The van der Waals surface area contributed by atoms with Gasteiger partial charge in [-0.3, -0.25) is 0 Å². The van der Waals surface area contributed by atoms with E-state index in [1.54, 1.807) is 30.3 Å². The lowest BCUT2D eigenvalue weighted by Crippen LogP contribution is -1.87. The van der Waals surface area contributed by atoms with E-state index in [0.29, 0.717) is 15.1 Å². The summed E-state index contributed by atoms with van der Waals surface area (Å²) >= 11 is 12.6. The van der Waals surface area contributed by atoms with Gasteiger partial charge in [0, 0.05) is 25.1 Å². The molecule has 16 heavy (non-hydrogen) atoms. The van der Waals surface area contributed by atoms with Crippen molar-refractivity contribution in [3.05, 3.63) is 56.2 Å². The Labute approximate surface area is 115 Å². The molecule has 2 aromatic carbocycles. The molecule has 0 heterocycles. The highest BCUT2D eigenvalue weighted by atomic mass is 79.9. The van der Waals surface area contributed by atoms with Gasteiger partial charge in [-0.1, -0.05) is 49.5 Å². The summed E-state index contributed by atoms with van der Waals surface area (Å²) in [6, 6.07) is 10.2. The molecule has 0 aliphatic rings. The standard InChI is InChI=1S/C12H6Br2ClF/c13-9-5-4-7(15)6-8(9)12-10(14)2-1-3-11(12)16/h1-6H. The summed E-state index contributed by atoms with van der Waals surface area (Å²) in [6.45, 7) is 0. The second kappa shape index (κ2) is 4.86. The molecular formula is C12H6Br2ClF. The van der Waals surface area contributed by atoms with Crippen molar-refractivity contribution >= 4 is 43.5 Å². The van der Waals surface area contributed by atoms with Gasteiger partial charge in [-0.05, 0) is 30.3 Å². The van der Waals surface area contributed by atoms with Crippen LogP contribution in [-0.4, -0.2) is 0 Å². The molecule has 4 heteroatoms. The highest BCUT2D eigenvalue weighted by Crippen LogP contribution is 2.36. The van der Waals surface area contributed by atoms with Crippen molar-refractivity contribution in [2.45, 2.75) is 0 Å². The van der Waals surface area contributed by atoms with Crippen LogP contribution in [0.5, 0.6) is 0 Å². The van der Waals surface area contributed by atoms with Gasteiger partial charge in [0.25, 0.3) is 0 Å². The molecule has 0 saturated carbocycles. The number of benzene rings is 2. The van der Waals surface area contributed by atoms with Crippen molar-refractivity contribution in [3.63, 3.8) is 0 Å². The Morgan fingerprint density at radius 3 is 2.44 bits per heavy atom. The third-order valence-electron chi connectivity index (χ3n) is 2.16. The van der Waals surface area contributed by atoms with Crippen LogP contribution in [0.25, 0.3) is 11.1 Å². The van der Waals surface area contributed by atoms with E-state index in [-0.39, 0.29) is 5.82 Å². The topological polar surface area (TPSA) is 0 Å². The van der Waals surface area contributed by atoms with Gasteiger partial charge < -0.3 is 0 Å². The van der Waals surface area contributed by atoms with E-state index in [2.05, 4.69) is 31.9 Å². The summed E-state index contributed by atoms with van der Waals surface area (Å²) < 4.78 is 15.3. The van der Waals surface area contributed by atoms with E-state index in [0.717, 1.165) is 10.0 Å². The van der Waals surface area contributed by atoms with Crippen LogP contribution in [0.2, 0.25) is 5.02 Å². The lowest BCUT2D eigenvalue weighted by Gasteiger charge is -2.08. The van der Waals surface area contributed by atoms with E-state index < -0.39 is 0 Å². The second-order valence-corrected chi connectivity index (χ2v) is 5.37. The van der Waals surface area contributed by atoms with Gasteiger partial charge in [-0.15, -0.1) is 0 Å². The van der Waals surface area contributed by atoms with Gasteiger partial charge in [0.15, 0.2) is 0 Å². The molecule has 2 rings (SSSR count). The van der Waals surface area contributed by atoms with Crippen LogP contribution in [0.4, 0.5) is 4.39 Å².